The van der Waals surface area contributed by atoms with Crippen molar-refractivity contribution in [3.63, 3.8) is 0 Å². The predicted octanol–water partition coefficient (Wildman–Crippen LogP) is 3.18. The first-order valence-electron chi connectivity index (χ1n) is 8.92. The molecule has 1 aliphatic rings. The first kappa shape index (κ1) is 18.0. The van der Waals surface area contributed by atoms with Crippen molar-refractivity contribution in [3.05, 3.63) is 65.2 Å². The Hall–Kier alpha value is -2.82. The molecule has 26 heavy (non-hydrogen) atoms. The van der Waals surface area contributed by atoms with Crippen molar-refractivity contribution >= 4 is 17.6 Å². The summed E-state index contributed by atoms with van der Waals surface area (Å²) in [6.07, 6.45) is 3.12. The quantitative estimate of drug-likeness (QED) is 0.748. The van der Waals surface area contributed by atoms with Crippen molar-refractivity contribution < 1.29 is 9.59 Å². The molecule has 5 heteroatoms. The zero-order chi connectivity index (χ0) is 18.6. The number of aryl methyl sites for hydroxylation is 1. The van der Waals surface area contributed by atoms with Gasteiger partial charge in [-0.05, 0) is 49.4 Å². The molecule has 3 N–H and O–H groups in total. The highest BCUT2D eigenvalue weighted by Gasteiger charge is 2.43. The third kappa shape index (κ3) is 4.85. The first-order valence-corrected chi connectivity index (χ1v) is 8.92. The van der Waals surface area contributed by atoms with E-state index in [0.717, 1.165) is 24.8 Å². The lowest BCUT2D eigenvalue weighted by Gasteiger charge is -2.18. The van der Waals surface area contributed by atoms with Crippen molar-refractivity contribution in [3.8, 4) is 0 Å². The second kappa shape index (κ2) is 7.60. The van der Waals surface area contributed by atoms with Gasteiger partial charge in [-0.1, -0.05) is 42.0 Å². The van der Waals surface area contributed by atoms with E-state index in [4.69, 9.17) is 0 Å². The number of benzene rings is 2. The fraction of sp³-hybridized carbons (Fsp3) is 0.333. The molecule has 0 aliphatic heterocycles. The molecule has 0 unspecified atom stereocenters. The van der Waals surface area contributed by atoms with E-state index in [2.05, 4.69) is 47.1 Å². The van der Waals surface area contributed by atoms with Gasteiger partial charge in [-0.25, -0.2) is 4.79 Å². The van der Waals surface area contributed by atoms with Gasteiger partial charge in [0, 0.05) is 18.3 Å². The zero-order valence-corrected chi connectivity index (χ0v) is 15.3. The van der Waals surface area contributed by atoms with Gasteiger partial charge >= 0.3 is 6.03 Å². The summed E-state index contributed by atoms with van der Waals surface area (Å²) >= 11 is 0. The number of amides is 3. The van der Waals surface area contributed by atoms with Crippen LogP contribution in [0.25, 0.3) is 0 Å². The fourth-order valence-electron chi connectivity index (χ4n) is 3.15. The SMILES string of the molecule is CNC(=O)Cc1cccc(NC(=O)NC2(Cc3cccc(C)c3)CC2)c1. The minimum atomic E-state index is -0.202. The van der Waals surface area contributed by atoms with Gasteiger partial charge in [0.2, 0.25) is 5.91 Å². The molecular formula is C21H25N3O2. The zero-order valence-electron chi connectivity index (χ0n) is 15.3. The third-order valence-electron chi connectivity index (χ3n) is 4.69. The minimum absolute atomic E-state index is 0.0540. The lowest BCUT2D eigenvalue weighted by Crippen LogP contribution is -2.41. The molecule has 0 radical (unpaired) electrons. The van der Waals surface area contributed by atoms with Gasteiger partial charge in [0.25, 0.3) is 0 Å². The van der Waals surface area contributed by atoms with Crippen LogP contribution in [-0.4, -0.2) is 24.5 Å². The summed E-state index contributed by atoms with van der Waals surface area (Å²) in [4.78, 5) is 23.9. The summed E-state index contributed by atoms with van der Waals surface area (Å²) in [6, 6.07) is 15.6. The van der Waals surface area contributed by atoms with Gasteiger partial charge < -0.3 is 16.0 Å². The molecule has 2 aromatic rings. The lowest BCUT2D eigenvalue weighted by molar-refractivity contribution is -0.119. The molecule has 3 amide bonds. The molecule has 0 atom stereocenters. The van der Waals surface area contributed by atoms with Gasteiger partial charge in [0.05, 0.1) is 6.42 Å². The van der Waals surface area contributed by atoms with Crippen LogP contribution in [0.1, 0.15) is 29.5 Å². The molecule has 0 saturated heterocycles. The molecule has 3 rings (SSSR count). The van der Waals surface area contributed by atoms with E-state index >= 15 is 0 Å². The molecule has 5 nitrogen and oxygen atoms in total. The number of urea groups is 1. The maximum atomic E-state index is 12.4. The number of carbonyl (C=O) groups is 2. The van der Waals surface area contributed by atoms with Crippen molar-refractivity contribution in [1.82, 2.24) is 10.6 Å². The topological polar surface area (TPSA) is 70.2 Å². The summed E-state index contributed by atoms with van der Waals surface area (Å²) < 4.78 is 0. The highest BCUT2D eigenvalue weighted by molar-refractivity contribution is 5.90. The van der Waals surface area contributed by atoms with Crippen molar-refractivity contribution in [2.45, 2.75) is 38.1 Å². The Morgan fingerprint density at radius 2 is 1.77 bits per heavy atom. The number of nitrogens with one attached hydrogen (secondary N) is 3. The highest BCUT2D eigenvalue weighted by Crippen LogP contribution is 2.38. The summed E-state index contributed by atoms with van der Waals surface area (Å²) in [6.45, 7) is 2.08. The Balaban J connectivity index is 1.58. The monoisotopic (exact) mass is 351 g/mol. The van der Waals surface area contributed by atoms with E-state index in [9.17, 15) is 9.59 Å². The Kier molecular flexibility index (Phi) is 5.26. The van der Waals surface area contributed by atoms with Crippen molar-refractivity contribution in [2.75, 3.05) is 12.4 Å². The van der Waals surface area contributed by atoms with Crippen LogP contribution in [0.3, 0.4) is 0 Å². The van der Waals surface area contributed by atoms with Crippen LogP contribution < -0.4 is 16.0 Å². The van der Waals surface area contributed by atoms with E-state index in [1.165, 1.54) is 11.1 Å². The van der Waals surface area contributed by atoms with Crippen LogP contribution in [0.5, 0.6) is 0 Å². The van der Waals surface area contributed by atoms with E-state index < -0.39 is 0 Å². The summed E-state index contributed by atoms with van der Waals surface area (Å²) in [5.74, 6) is -0.0540. The van der Waals surface area contributed by atoms with Crippen LogP contribution >= 0.6 is 0 Å². The Labute approximate surface area is 154 Å². The fourth-order valence-corrected chi connectivity index (χ4v) is 3.15. The van der Waals surface area contributed by atoms with E-state index in [1.807, 2.05) is 24.3 Å². The van der Waals surface area contributed by atoms with E-state index in [0.29, 0.717) is 12.1 Å². The van der Waals surface area contributed by atoms with Gasteiger partial charge in [-0.3, -0.25) is 4.79 Å². The number of rotatable bonds is 6. The number of hydrogen-bond donors (Lipinski definition) is 3. The average Bonchev–Trinajstić information content (AvgIpc) is 3.33. The Morgan fingerprint density at radius 1 is 1.04 bits per heavy atom. The van der Waals surface area contributed by atoms with Crippen LogP contribution in [-0.2, 0) is 17.6 Å². The van der Waals surface area contributed by atoms with Crippen LogP contribution in [0.2, 0.25) is 0 Å². The van der Waals surface area contributed by atoms with E-state index in [1.54, 1.807) is 7.05 Å². The first-order chi connectivity index (χ1) is 12.5. The molecule has 2 aromatic carbocycles. The van der Waals surface area contributed by atoms with Crippen LogP contribution in [0, 0.1) is 6.92 Å². The molecule has 1 saturated carbocycles. The average molecular weight is 351 g/mol. The number of likely N-dealkylation sites (N-methyl/N-ethyl adjacent to an activating group) is 1. The maximum Gasteiger partial charge on any atom is 0.319 e. The molecule has 0 aromatic heterocycles. The summed E-state index contributed by atoms with van der Waals surface area (Å²) in [5.41, 5.74) is 3.89. The molecular weight excluding hydrogens is 326 g/mol. The number of anilines is 1. The second-order valence-corrected chi connectivity index (χ2v) is 7.08. The van der Waals surface area contributed by atoms with Crippen molar-refractivity contribution in [2.24, 2.45) is 0 Å². The minimum Gasteiger partial charge on any atom is -0.359 e. The second-order valence-electron chi connectivity index (χ2n) is 7.08. The largest absolute Gasteiger partial charge is 0.359 e. The van der Waals surface area contributed by atoms with Gasteiger partial charge in [-0.15, -0.1) is 0 Å². The van der Waals surface area contributed by atoms with Gasteiger partial charge in [0.1, 0.15) is 0 Å². The lowest BCUT2D eigenvalue weighted by atomic mass is 10.0. The third-order valence-corrected chi connectivity index (χ3v) is 4.69. The number of hydrogen-bond acceptors (Lipinski definition) is 2. The van der Waals surface area contributed by atoms with Crippen LogP contribution in [0.15, 0.2) is 48.5 Å². The molecule has 1 aliphatic carbocycles. The molecule has 0 bridgehead atoms. The highest BCUT2D eigenvalue weighted by atomic mass is 16.2. The smallest absolute Gasteiger partial charge is 0.319 e. The van der Waals surface area contributed by atoms with Crippen molar-refractivity contribution in [1.29, 1.82) is 0 Å². The number of carbonyl (C=O) groups excluding carboxylic acids is 2. The normalized spacial score (nSPS) is 14.4. The molecule has 0 spiro atoms. The van der Waals surface area contributed by atoms with Gasteiger partial charge in [-0.2, -0.15) is 0 Å². The molecule has 0 heterocycles. The molecule has 1 fully saturated rings. The summed E-state index contributed by atoms with van der Waals surface area (Å²) in [7, 11) is 1.61. The van der Waals surface area contributed by atoms with Crippen LogP contribution in [0.4, 0.5) is 10.5 Å². The maximum absolute atomic E-state index is 12.4. The van der Waals surface area contributed by atoms with Gasteiger partial charge in [0.15, 0.2) is 0 Å². The van der Waals surface area contributed by atoms with E-state index in [-0.39, 0.29) is 17.5 Å². The molecule has 136 valence electrons. The standard InChI is InChI=1S/C21H25N3O2/c1-15-5-3-7-17(11-15)14-21(9-10-21)24-20(26)23-18-8-4-6-16(12-18)13-19(25)22-2/h3-8,11-12H,9-10,13-14H2,1-2H3,(H,22,25)(H2,23,24,26). The summed E-state index contributed by atoms with van der Waals surface area (Å²) in [5, 5.41) is 8.61. The predicted molar refractivity (Wildman–Crippen MR) is 103 cm³/mol. The Bertz CT molecular complexity index is 812. The Morgan fingerprint density at radius 3 is 2.46 bits per heavy atom.